The molecule has 2 N–H and O–H groups in total. The van der Waals surface area contributed by atoms with Gasteiger partial charge < -0.3 is 5.32 Å². The predicted octanol–water partition coefficient (Wildman–Crippen LogP) is 4.00. The number of carbonyl (C=O) groups is 1. The van der Waals surface area contributed by atoms with Crippen LogP contribution in [0.25, 0.3) is 0 Å². The molecule has 1 aliphatic carbocycles. The molecule has 5 nitrogen and oxygen atoms in total. The number of benzene rings is 2. The predicted molar refractivity (Wildman–Crippen MR) is 112 cm³/mol. The molecule has 2 aromatic carbocycles. The molecule has 0 bridgehead atoms. The van der Waals surface area contributed by atoms with Crippen LogP contribution in [0.1, 0.15) is 51.2 Å². The maximum absolute atomic E-state index is 12.6. The summed E-state index contributed by atoms with van der Waals surface area (Å²) in [4.78, 5) is 12.9. The number of aryl methyl sites for hydroxylation is 1. The molecule has 0 heterocycles. The van der Waals surface area contributed by atoms with Gasteiger partial charge in [-0.1, -0.05) is 38.1 Å². The summed E-state index contributed by atoms with van der Waals surface area (Å²) >= 11 is 0. The standard InChI is InChI=1S/C22H28N2O3S/c1-4-16(3)23-21(25)22(14-15-22)18-8-10-19(11-9-18)24-28(26,27)20-12-6-17(5-2)7-13-20/h6-13,16,24H,4-5,14-15H2,1-3H3,(H,23,25)/t16-/m1/s1. The van der Waals surface area contributed by atoms with Gasteiger partial charge in [-0.25, -0.2) is 8.42 Å². The number of anilines is 1. The van der Waals surface area contributed by atoms with E-state index in [2.05, 4.69) is 10.0 Å². The van der Waals surface area contributed by atoms with E-state index >= 15 is 0 Å². The highest BCUT2D eigenvalue weighted by Gasteiger charge is 2.51. The van der Waals surface area contributed by atoms with Crippen molar-refractivity contribution in [2.24, 2.45) is 0 Å². The Kier molecular flexibility index (Phi) is 5.79. The van der Waals surface area contributed by atoms with E-state index in [4.69, 9.17) is 0 Å². The number of hydrogen-bond donors (Lipinski definition) is 2. The van der Waals surface area contributed by atoms with Crippen molar-refractivity contribution in [2.75, 3.05) is 4.72 Å². The summed E-state index contributed by atoms with van der Waals surface area (Å²) in [6.45, 7) is 6.07. The maximum Gasteiger partial charge on any atom is 0.261 e. The van der Waals surface area contributed by atoms with Crippen molar-refractivity contribution in [1.82, 2.24) is 5.32 Å². The van der Waals surface area contributed by atoms with Gasteiger partial charge in [0.25, 0.3) is 10.0 Å². The third-order valence-electron chi connectivity index (χ3n) is 5.51. The highest BCUT2D eigenvalue weighted by Crippen LogP contribution is 2.48. The molecule has 150 valence electrons. The van der Waals surface area contributed by atoms with Gasteiger partial charge in [-0.2, -0.15) is 0 Å². The largest absolute Gasteiger partial charge is 0.353 e. The molecule has 0 unspecified atom stereocenters. The number of amides is 1. The molecule has 2 aromatic rings. The summed E-state index contributed by atoms with van der Waals surface area (Å²) in [5.41, 5.74) is 2.05. The molecule has 0 saturated heterocycles. The van der Waals surface area contributed by atoms with Gasteiger partial charge in [0.05, 0.1) is 10.3 Å². The summed E-state index contributed by atoms with van der Waals surface area (Å²) < 4.78 is 27.8. The van der Waals surface area contributed by atoms with Gasteiger partial charge in [-0.15, -0.1) is 0 Å². The van der Waals surface area contributed by atoms with Crippen molar-refractivity contribution >= 4 is 21.6 Å². The molecule has 1 atom stereocenters. The van der Waals surface area contributed by atoms with Crippen LogP contribution in [0.5, 0.6) is 0 Å². The van der Waals surface area contributed by atoms with Crippen molar-refractivity contribution < 1.29 is 13.2 Å². The molecule has 1 fully saturated rings. The minimum atomic E-state index is -3.64. The molecule has 6 heteroatoms. The smallest absolute Gasteiger partial charge is 0.261 e. The van der Waals surface area contributed by atoms with Gasteiger partial charge in [0, 0.05) is 11.7 Å². The van der Waals surface area contributed by atoms with Crippen molar-refractivity contribution in [3.63, 3.8) is 0 Å². The molecule has 0 radical (unpaired) electrons. The Morgan fingerprint density at radius 2 is 1.64 bits per heavy atom. The second kappa shape index (κ2) is 7.95. The van der Waals surface area contributed by atoms with E-state index in [1.807, 2.05) is 45.0 Å². The second-order valence-corrected chi connectivity index (χ2v) is 9.23. The van der Waals surface area contributed by atoms with Gasteiger partial charge in [-0.05, 0) is 68.0 Å². The van der Waals surface area contributed by atoms with Gasteiger partial charge in [0.1, 0.15) is 0 Å². The van der Waals surface area contributed by atoms with Crippen LogP contribution < -0.4 is 10.0 Å². The molecule has 1 saturated carbocycles. The zero-order valence-corrected chi connectivity index (χ0v) is 17.5. The molecule has 0 aromatic heterocycles. The fourth-order valence-electron chi connectivity index (χ4n) is 3.21. The van der Waals surface area contributed by atoms with Crippen LogP contribution in [-0.4, -0.2) is 20.4 Å². The lowest BCUT2D eigenvalue weighted by molar-refractivity contribution is -0.124. The summed E-state index contributed by atoms with van der Waals surface area (Å²) in [6.07, 6.45) is 3.40. The van der Waals surface area contributed by atoms with Crippen molar-refractivity contribution in [3.8, 4) is 0 Å². The van der Waals surface area contributed by atoms with Gasteiger partial charge in [-0.3, -0.25) is 9.52 Å². The second-order valence-electron chi connectivity index (χ2n) is 7.55. The highest BCUT2D eigenvalue weighted by molar-refractivity contribution is 7.92. The number of nitrogens with one attached hydrogen (secondary N) is 2. The molecule has 1 aliphatic rings. The minimum Gasteiger partial charge on any atom is -0.353 e. The Morgan fingerprint density at radius 3 is 2.14 bits per heavy atom. The quantitative estimate of drug-likeness (QED) is 0.703. The monoisotopic (exact) mass is 400 g/mol. The maximum atomic E-state index is 12.6. The average Bonchev–Trinajstić information content (AvgIpc) is 3.50. The lowest BCUT2D eigenvalue weighted by Crippen LogP contribution is -2.39. The molecule has 1 amide bonds. The minimum absolute atomic E-state index is 0.0613. The van der Waals surface area contributed by atoms with E-state index in [1.165, 1.54) is 0 Å². The lowest BCUT2D eigenvalue weighted by atomic mass is 9.94. The molecular formula is C22H28N2O3S. The third kappa shape index (κ3) is 4.22. The molecule has 28 heavy (non-hydrogen) atoms. The SMILES string of the molecule is CCc1ccc(S(=O)(=O)Nc2ccc(C3(C(=O)N[C@H](C)CC)CC3)cc2)cc1. The summed E-state index contributed by atoms with van der Waals surface area (Å²) in [5, 5.41) is 3.06. The first-order chi connectivity index (χ1) is 13.3. The fraction of sp³-hybridized carbons (Fsp3) is 0.409. The highest BCUT2D eigenvalue weighted by atomic mass is 32.2. The van der Waals surface area contributed by atoms with Gasteiger partial charge in [0.2, 0.25) is 5.91 Å². The number of rotatable bonds is 8. The van der Waals surface area contributed by atoms with Crippen LogP contribution in [-0.2, 0) is 26.7 Å². The van der Waals surface area contributed by atoms with Crippen LogP contribution in [0.15, 0.2) is 53.4 Å². The third-order valence-corrected chi connectivity index (χ3v) is 6.90. The molecule has 0 aliphatic heterocycles. The van der Waals surface area contributed by atoms with Crippen LogP contribution >= 0.6 is 0 Å². The normalized spacial score (nSPS) is 16.2. The first kappa shape index (κ1) is 20.4. The van der Waals surface area contributed by atoms with Crippen LogP contribution in [0, 0.1) is 0 Å². The number of hydrogen-bond acceptors (Lipinski definition) is 3. The van der Waals surface area contributed by atoms with Crippen LogP contribution in [0.3, 0.4) is 0 Å². The topological polar surface area (TPSA) is 75.3 Å². The molecule has 0 spiro atoms. The van der Waals surface area contributed by atoms with E-state index in [-0.39, 0.29) is 16.8 Å². The first-order valence-corrected chi connectivity index (χ1v) is 11.3. The summed E-state index contributed by atoms with van der Waals surface area (Å²) in [7, 11) is -3.64. The van der Waals surface area contributed by atoms with Gasteiger partial charge in [0.15, 0.2) is 0 Å². The summed E-state index contributed by atoms with van der Waals surface area (Å²) in [5.74, 6) is 0.0613. The average molecular weight is 401 g/mol. The zero-order valence-electron chi connectivity index (χ0n) is 16.7. The van der Waals surface area contributed by atoms with Crippen molar-refractivity contribution in [3.05, 3.63) is 59.7 Å². The Morgan fingerprint density at radius 1 is 1.04 bits per heavy atom. The molecule has 3 rings (SSSR count). The lowest BCUT2D eigenvalue weighted by Gasteiger charge is -2.19. The van der Waals surface area contributed by atoms with E-state index in [9.17, 15) is 13.2 Å². The summed E-state index contributed by atoms with van der Waals surface area (Å²) in [6, 6.07) is 14.2. The van der Waals surface area contributed by atoms with Crippen LogP contribution in [0.4, 0.5) is 5.69 Å². The van der Waals surface area contributed by atoms with E-state index in [0.29, 0.717) is 5.69 Å². The number of carbonyl (C=O) groups excluding carboxylic acids is 1. The Labute approximate surface area is 167 Å². The Bertz CT molecular complexity index is 931. The van der Waals surface area contributed by atoms with Gasteiger partial charge >= 0.3 is 0 Å². The Hall–Kier alpha value is -2.34. The van der Waals surface area contributed by atoms with E-state index < -0.39 is 15.4 Å². The van der Waals surface area contributed by atoms with Crippen molar-refractivity contribution in [2.45, 2.75) is 62.8 Å². The fourth-order valence-corrected chi connectivity index (χ4v) is 4.27. The van der Waals surface area contributed by atoms with Crippen LogP contribution in [0.2, 0.25) is 0 Å². The first-order valence-electron chi connectivity index (χ1n) is 9.84. The zero-order chi connectivity index (χ0) is 20.4. The molecular weight excluding hydrogens is 372 g/mol. The number of sulfonamides is 1. The van der Waals surface area contributed by atoms with E-state index in [0.717, 1.165) is 36.8 Å². The van der Waals surface area contributed by atoms with Crippen molar-refractivity contribution in [1.29, 1.82) is 0 Å². The Balaban J connectivity index is 1.73. The van der Waals surface area contributed by atoms with E-state index in [1.54, 1.807) is 24.3 Å².